The third-order valence-electron chi connectivity index (χ3n) is 4.83. The molecule has 1 N–H and O–H groups in total. The summed E-state index contributed by atoms with van der Waals surface area (Å²) in [5, 5.41) is 2.83. The zero-order valence-electron chi connectivity index (χ0n) is 17.2. The zero-order chi connectivity index (χ0) is 23.4. The molecule has 0 radical (unpaired) electrons. The Bertz CT molecular complexity index is 1200. The summed E-state index contributed by atoms with van der Waals surface area (Å²) in [6.45, 7) is 0.161. The maximum atomic E-state index is 13.3. The number of benzene rings is 3. The second-order valence-electron chi connectivity index (χ2n) is 7.29. The maximum Gasteiger partial charge on any atom is 0.238 e. The molecular weight excluding hydrogens is 468 g/mol. The highest BCUT2D eigenvalue weighted by Gasteiger charge is 2.36. The van der Waals surface area contributed by atoms with E-state index < -0.39 is 11.1 Å². The molecule has 0 saturated carbocycles. The molecule has 1 atom stereocenters. The molecule has 5 nitrogen and oxygen atoms in total. The quantitative estimate of drug-likeness (QED) is 0.498. The number of hydrogen-bond donors (Lipinski definition) is 1. The Labute approximate surface area is 198 Å². The van der Waals surface area contributed by atoms with Gasteiger partial charge in [0.2, 0.25) is 11.8 Å². The van der Waals surface area contributed by atoms with Crippen LogP contribution in [0.25, 0.3) is 0 Å². The first-order valence-electron chi connectivity index (χ1n) is 9.99. The molecule has 9 heteroatoms. The highest BCUT2D eigenvalue weighted by atomic mass is 35.5. The lowest BCUT2D eigenvalue weighted by atomic mass is 10.2. The fourth-order valence-electron chi connectivity index (χ4n) is 3.18. The summed E-state index contributed by atoms with van der Waals surface area (Å²) in [4.78, 5) is 31.9. The van der Waals surface area contributed by atoms with Gasteiger partial charge in [0, 0.05) is 17.1 Å². The number of thioether (sulfide) groups is 1. The molecule has 0 bridgehead atoms. The lowest BCUT2D eigenvalue weighted by molar-refractivity contribution is -0.129. The average Bonchev–Trinajstić information content (AvgIpc) is 2.78. The number of nitrogens with zero attached hydrogens (tertiary/aromatic N) is 2. The monoisotopic (exact) mass is 485 g/mol. The van der Waals surface area contributed by atoms with Crippen molar-refractivity contribution >= 4 is 51.7 Å². The van der Waals surface area contributed by atoms with E-state index in [1.807, 2.05) is 0 Å². The third-order valence-corrected chi connectivity index (χ3v) is 6.25. The van der Waals surface area contributed by atoms with Crippen LogP contribution in [0.4, 0.5) is 20.2 Å². The lowest BCUT2D eigenvalue weighted by Gasteiger charge is -2.32. The van der Waals surface area contributed by atoms with Crippen LogP contribution in [-0.4, -0.2) is 27.1 Å². The van der Waals surface area contributed by atoms with Crippen LogP contribution < -0.4 is 5.32 Å². The van der Waals surface area contributed by atoms with E-state index in [-0.39, 0.29) is 30.6 Å². The van der Waals surface area contributed by atoms with Gasteiger partial charge >= 0.3 is 0 Å². The van der Waals surface area contributed by atoms with Crippen LogP contribution in [0.2, 0.25) is 5.02 Å². The molecule has 1 aliphatic heterocycles. The van der Waals surface area contributed by atoms with Gasteiger partial charge in [0.05, 0.1) is 12.2 Å². The molecule has 1 saturated heterocycles. The van der Waals surface area contributed by atoms with Crippen LogP contribution in [0.5, 0.6) is 0 Å². The number of amidine groups is 1. The van der Waals surface area contributed by atoms with Crippen molar-refractivity contribution in [2.24, 2.45) is 4.99 Å². The van der Waals surface area contributed by atoms with Crippen LogP contribution in [0.1, 0.15) is 12.0 Å². The number of amides is 2. The number of halogens is 3. The first-order valence-corrected chi connectivity index (χ1v) is 11.3. The second-order valence-corrected chi connectivity index (χ2v) is 8.89. The smallest absolute Gasteiger partial charge is 0.238 e. The third kappa shape index (κ3) is 5.97. The zero-order valence-corrected chi connectivity index (χ0v) is 18.7. The number of nitrogens with one attached hydrogen (secondary N) is 1. The Kier molecular flexibility index (Phi) is 7.05. The van der Waals surface area contributed by atoms with Crippen molar-refractivity contribution in [3.63, 3.8) is 0 Å². The van der Waals surface area contributed by atoms with Gasteiger partial charge in [-0.1, -0.05) is 41.6 Å². The molecule has 0 spiro atoms. The van der Waals surface area contributed by atoms with Crippen LogP contribution >= 0.6 is 23.4 Å². The summed E-state index contributed by atoms with van der Waals surface area (Å²) >= 11 is 7.12. The minimum Gasteiger partial charge on any atom is -0.325 e. The van der Waals surface area contributed by atoms with E-state index in [1.54, 1.807) is 36.4 Å². The van der Waals surface area contributed by atoms with E-state index in [0.717, 1.165) is 11.8 Å². The lowest BCUT2D eigenvalue weighted by Crippen LogP contribution is -2.44. The first-order chi connectivity index (χ1) is 15.9. The van der Waals surface area contributed by atoms with Crippen molar-refractivity contribution in [2.45, 2.75) is 18.2 Å². The van der Waals surface area contributed by atoms with Gasteiger partial charge in [-0.15, -0.1) is 0 Å². The summed E-state index contributed by atoms with van der Waals surface area (Å²) in [5.74, 6) is -1.45. The van der Waals surface area contributed by atoms with Gasteiger partial charge in [-0.05, 0) is 60.2 Å². The predicted octanol–water partition coefficient (Wildman–Crippen LogP) is 5.78. The molecule has 1 aliphatic rings. The fourth-order valence-corrected chi connectivity index (χ4v) is 4.47. The Balaban J connectivity index is 1.59. The molecule has 33 heavy (non-hydrogen) atoms. The average molecular weight is 486 g/mol. The number of carbonyl (C=O) groups is 2. The topological polar surface area (TPSA) is 61.8 Å². The van der Waals surface area contributed by atoms with E-state index in [2.05, 4.69) is 10.3 Å². The number of hydrogen-bond acceptors (Lipinski definition) is 4. The van der Waals surface area contributed by atoms with Crippen LogP contribution in [-0.2, 0) is 16.1 Å². The van der Waals surface area contributed by atoms with Gasteiger partial charge in [0.25, 0.3) is 0 Å². The number of anilines is 1. The number of aliphatic imine (C=N–C) groups is 1. The summed E-state index contributed by atoms with van der Waals surface area (Å²) in [6, 6.07) is 18.0. The fraction of sp³-hybridized carbons (Fsp3) is 0.125. The highest BCUT2D eigenvalue weighted by molar-refractivity contribution is 8.15. The SMILES string of the molecule is O=C(Nc1cccc(Cl)c1)C1CC(=O)N(Cc2ccc(F)cc2)C(=Nc2ccc(F)cc2)S1. The van der Waals surface area contributed by atoms with Gasteiger partial charge in [-0.25, -0.2) is 13.8 Å². The molecule has 0 aliphatic carbocycles. The van der Waals surface area contributed by atoms with Crippen molar-refractivity contribution in [3.8, 4) is 0 Å². The number of carbonyl (C=O) groups excluding carboxylic acids is 2. The molecule has 4 rings (SSSR count). The van der Waals surface area contributed by atoms with Crippen molar-refractivity contribution in [2.75, 3.05) is 5.32 Å². The van der Waals surface area contributed by atoms with Crippen molar-refractivity contribution in [1.29, 1.82) is 0 Å². The molecule has 3 aromatic carbocycles. The van der Waals surface area contributed by atoms with Crippen molar-refractivity contribution in [1.82, 2.24) is 4.90 Å². The van der Waals surface area contributed by atoms with Crippen molar-refractivity contribution in [3.05, 3.63) is 95.0 Å². The molecule has 168 valence electrons. The van der Waals surface area contributed by atoms with Crippen LogP contribution in [0, 0.1) is 11.6 Å². The van der Waals surface area contributed by atoms with E-state index in [9.17, 15) is 18.4 Å². The molecular formula is C24H18ClF2N3O2S. The van der Waals surface area contributed by atoms with Gasteiger partial charge in [0.1, 0.15) is 16.9 Å². The molecule has 1 heterocycles. The Morgan fingerprint density at radius 2 is 1.73 bits per heavy atom. The predicted molar refractivity (Wildman–Crippen MR) is 127 cm³/mol. The molecule has 0 aromatic heterocycles. The Hall–Kier alpha value is -3.23. The minimum absolute atomic E-state index is 0.0410. The Morgan fingerprint density at radius 3 is 2.39 bits per heavy atom. The Morgan fingerprint density at radius 1 is 1.06 bits per heavy atom. The molecule has 1 unspecified atom stereocenters. The highest BCUT2D eigenvalue weighted by Crippen LogP contribution is 2.31. The normalized spacial score (nSPS) is 17.3. The maximum absolute atomic E-state index is 13.3. The van der Waals surface area contributed by atoms with Crippen LogP contribution in [0.15, 0.2) is 77.8 Å². The van der Waals surface area contributed by atoms with Gasteiger partial charge < -0.3 is 5.32 Å². The van der Waals surface area contributed by atoms with Crippen molar-refractivity contribution < 1.29 is 18.4 Å². The van der Waals surface area contributed by atoms with Crippen LogP contribution in [0.3, 0.4) is 0 Å². The summed E-state index contributed by atoms with van der Waals surface area (Å²) in [5.41, 5.74) is 1.66. The van der Waals surface area contributed by atoms with Gasteiger partial charge in [-0.3, -0.25) is 14.5 Å². The first kappa shape index (κ1) is 22.9. The summed E-state index contributed by atoms with van der Waals surface area (Å²) in [7, 11) is 0. The van der Waals surface area contributed by atoms with E-state index in [0.29, 0.717) is 27.1 Å². The second kappa shape index (κ2) is 10.1. The standard InChI is InChI=1S/C24H18ClF2N3O2S/c25-16-2-1-3-20(12-16)28-23(32)21-13-22(31)30(14-15-4-6-17(26)7-5-15)24(33-21)29-19-10-8-18(27)9-11-19/h1-12,21H,13-14H2,(H,28,32). The minimum atomic E-state index is -0.722. The molecule has 3 aromatic rings. The molecule has 2 amide bonds. The van der Waals surface area contributed by atoms with Gasteiger partial charge in [-0.2, -0.15) is 0 Å². The molecule has 1 fully saturated rings. The van der Waals surface area contributed by atoms with E-state index >= 15 is 0 Å². The summed E-state index contributed by atoms with van der Waals surface area (Å²) < 4.78 is 26.6. The van der Waals surface area contributed by atoms with E-state index in [4.69, 9.17) is 11.6 Å². The summed E-state index contributed by atoms with van der Waals surface area (Å²) in [6.07, 6.45) is -0.0410. The van der Waals surface area contributed by atoms with E-state index in [1.165, 1.54) is 41.3 Å². The van der Waals surface area contributed by atoms with Gasteiger partial charge in [0.15, 0.2) is 5.17 Å². The number of rotatable bonds is 5. The largest absolute Gasteiger partial charge is 0.325 e.